The van der Waals surface area contributed by atoms with Gasteiger partial charge in [0.05, 0.1) is 36.6 Å². The summed E-state index contributed by atoms with van der Waals surface area (Å²) in [5.41, 5.74) is 3.25. The maximum absolute atomic E-state index is 12.7. The smallest absolute Gasteiger partial charge is 0.257 e. The zero-order chi connectivity index (χ0) is 24.1. The number of carbonyl (C=O) groups excluding carboxylic acids is 1. The number of nitrogens with one attached hydrogen (secondary N) is 2. The van der Waals surface area contributed by atoms with E-state index in [2.05, 4.69) is 21.7 Å². The van der Waals surface area contributed by atoms with E-state index in [1.807, 2.05) is 42.5 Å². The first-order valence-corrected chi connectivity index (χ1v) is 11.6. The van der Waals surface area contributed by atoms with Crippen molar-refractivity contribution >= 4 is 50.5 Å². The second-order valence-electron chi connectivity index (χ2n) is 7.27. The van der Waals surface area contributed by atoms with Gasteiger partial charge in [0.2, 0.25) is 5.75 Å². The van der Waals surface area contributed by atoms with Crippen LogP contribution >= 0.6 is 23.6 Å². The average molecular weight is 494 g/mol. The van der Waals surface area contributed by atoms with Gasteiger partial charge in [-0.2, -0.15) is 0 Å². The van der Waals surface area contributed by atoms with Crippen LogP contribution in [0.2, 0.25) is 0 Å². The van der Waals surface area contributed by atoms with E-state index in [9.17, 15) is 4.79 Å². The Bertz CT molecular complexity index is 1280. The molecule has 0 saturated carbocycles. The molecule has 0 radical (unpaired) electrons. The molecule has 7 nitrogen and oxygen atoms in total. The highest BCUT2D eigenvalue weighted by molar-refractivity contribution is 7.80. The number of carbonyl (C=O) groups is 1. The van der Waals surface area contributed by atoms with E-state index in [0.29, 0.717) is 22.8 Å². The van der Waals surface area contributed by atoms with Gasteiger partial charge < -0.3 is 19.5 Å². The third-order valence-corrected chi connectivity index (χ3v) is 6.30. The molecule has 174 valence electrons. The third kappa shape index (κ3) is 5.27. The molecule has 3 aromatic carbocycles. The first-order chi connectivity index (χ1) is 16.5. The molecular weight excluding hydrogens is 470 g/mol. The summed E-state index contributed by atoms with van der Waals surface area (Å²) in [6.45, 7) is 0. The summed E-state index contributed by atoms with van der Waals surface area (Å²) in [5.74, 6) is 0.779. The zero-order valence-corrected chi connectivity index (χ0v) is 20.5. The van der Waals surface area contributed by atoms with Crippen molar-refractivity contribution in [2.75, 3.05) is 26.6 Å². The SMILES string of the molecule is COc1cc(C(=O)NC(=S)Nc2ccc(Cc3nc4ccccc4s3)cc2)cc(OC)c1OC. The summed E-state index contributed by atoms with van der Waals surface area (Å²) in [5, 5.41) is 6.95. The number of nitrogens with zero attached hydrogens (tertiary/aromatic N) is 1. The van der Waals surface area contributed by atoms with Crippen LogP contribution in [0.4, 0.5) is 5.69 Å². The Hall–Kier alpha value is -3.69. The number of anilines is 1. The molecule has 1 aromatic heterocycles. The monoisotopic (exact) mass is 493 g/mol. The third-order valence-electron chi connectivity index (χ3n) is 5.06. The standard InChI is InChI=1S/C25H23N3O4S2/c1-30-19-13-16(14-20(31-2)23(19)32-3)24(29)28-25(33)26-17-10-8-15(9-11-17)12-22-27-18-6-4-5-7-21(18)34-22/h4-11,13-14H,12H2,1-3H3,(H2,26,28,29,33). The van der Waals surface area contributed by atoms with Crippen LogP contribution in [-0.2, 0) is 6.42 Å². The highest BCUT2D eigenvalue weighted by Crippen LogP contribution is 2.38. The highest BCUT2D eigenvalue weighted by atomic mass is 32.1. The number of amides is 1. The van der Waals surface area contributed by atoms with Crippen molar-refractivity contribution in [3.05, 3.63) is 76.8 Å². The number of methoxy groups -OCH3 is 3. The molecule has 1 heterocycles. The van der Waals surface area contributed by atoms with E-state index in [1.54, 1.807) is 23.5 Å². The molecule has 2 N–H and O–H groups in total. The number of rotatable bonds is 7. The molecule has 0 fully saturated rings. The number of hydrogen-bond acceptors (Lipinski definition) is 7. The van der Waals surface area contributed by atoms with Crippen LogP contribution in [0.1, 0.15) is 20.9 Å². The van der Waals surface area contributed by atoms with Crippen molar-refractivity contribution in [1.29, 1.82) is 0 Å². The molecule has 4 rings (SSSR count). The van der Waals surface area contributed by atoms with Crippen molar-refractivity contribution in [2.24, 2.45) is 0 Å². The molecule has 0 spiro atoms. The fourth-order valence-corrected chi connectivity index (χ4v) is 4.64. The molecule has 0 aliphatic rings. The zero-order valence-electron chi connectivity index (χ0n) is 18.9. The molecule has 4 aromatic rings. The quantitative estimate of drug-likeness (QED) is 0.349. The molecule has 9 heteroatoms. The number of thiocarbonyl (C=S) groups is 1. The fraction of sp³-hybridized carbons (Fsp3) is 0.160. The summed E-state index contributed by atoms with van der Waals surface area (Å²) in [7, 11) is 4.49. The van der Waals surface area contributed by atoms with E-state index in [1.165, 1.54) is 26.0 Å². The number of aromatic nitrogens is 1. The molecule has 0 atom stereocenters. The maximum atomic E-state index is 12.7. The summed E-state index contributed by atoms with van der Waals surface area (Å²) >= 11 is 7.02. The second kappa shape index (κ2) is 10.5. The van der Waals surface area contributed by atoms with Crippen LogP contribution in [0.15, 0.2) is 60.7 Å². The number of para-hydroxylation sites is 1. The largest absolute Gasteiger partial charge is 0.493 e. The van der Waals surface area contributed by atoms with Crippen molar-refractivity contribution in [3.63, 3.8) is 0 Å². The van der Waals surface area contributed by atoms with Gasteiger partial charge >= 0.3 is 0 Å². The van der Waals surface area contributed by atoms with Gasteiger partial charge in [0, 0.05) is 17.7 Å². The van der Waals surface area contributed by atoms with E-state index in [0.717, 1.165) is 28.2 Å². The van der Waals surface area contributed by atoms with Gasteiger partial charge in [0.1, 0.15) is 0 Å². The van der Waals surface area contributed by atoms with Gasteiger partial charge in [-0.25, -0.2) is 4.98 Å². The Kier molecular flexibility index (Phi) is 7.24. The minimum absolute atomic E-state index is 0.178. The number of thiazole rings is 1. The summed E-state index contributed by atoms with van der Waals surface area (Å²) in [4.78, 5) is 17.4. The van der Waals surface area contributed by atoms with Crippen LogP contribution in [0.25, 0.3) is 10.2 Å². The van der Waals surface area contributed by atoms with E-state index in [-0.39, 0.29) is 5.11 Å². The number of hydrogen-bond donors (Lipinski definition) is 2. The lowest BCUT2D eigenvalue weighted by molar-refractivity contribution is 0.0977. The Balaban J connectivity index is 1.38. The number of fused-ring (bicyclic) bond motifs is 1. The Morgan fingerprint density at radius 2 is 1.65 bits per heavy atom. The van der Waals surface area contributed by atoms with Gasteiger partial charge in [-0.15, -0.1) is 11.3 Å². The molecule has 34 heavy (non-hydrogen) atoms. The first kappa shape index (κ1) is 23.5. The highest BCUT2D eigenvalue weighted by Gasteiger charge is 2.17. The molecular formula is C25H23N3O4S2. The normalized spacial score (nSPS) is 10.6. The number of benzene rings is 3. The Morgan fingerprint density at radius 3 is 2.26 bits per heavy atom. The topological polar surface area (TPSA) is 81.7 Å². The molecule has 0 bridgehead atoms. The summed E-state index contributed by atoms with van der Waals surface area (Å²) in [6.07, 6.45) is 0.752. The fourth-order valence-electron chi connectivity index (χ4n) is 3.43. The second-order valence-corrected chi connectivity index (χ2v) is 8.79. The van der Waals surface area contributed by atoms with E-state index < -0.39 is 5.91 Å². The predicted octanol–water partition coefficient (Wildman–Crippen LogP) is 5.04. The van der Waals surface area contributed by atoms with Crippen LogP contribution in [-0.4, -0.2) is 37.3 Å². The minimum atomic E-state index is -0.399. The van der Waals surface area contributed by atoms with Crippen LogP contribution in [0, 0.1) is 0 Å². The van der Waals surface area contributed by atoms with Gasteiger partial charge in [0.15, 0.2) is 16.6 Å². The van der Waals surface area contributed by atoms with Gasteiger partial charge in [0.25, 0.3) is 5.91 Å². The van der Waals surface area contributed by atoms with Crippen molar-refractivity contribution in [1.82, 2.24) is 10.3 Å². The molecule has 0 unspecified atom stereocenters. The Morgan fingerprint density at radius 1 is 0.971 bits per heavy atom. The first-order valence-electron chi connectivity index (χ1n) is 10.4. The van der Waals surface area contributed by atoms with Crippen LogP contribution in [0.3, 0.4) is 0 Å². The Labute approximate surface area is 206 Å². The van der Waals surface area contributed by atoms with Gasteiger partial charge in [-0.1, -0.05) is 24.3 Å². The molecule has 1 amide bonds. The maximum Gasteiger partial charge on any atom is 0.257 e. The van der Waals surface area contributed by atoms with Gasteiger partial charge in [-0.05, 0) is 54.2 Å². The lowest BCUT2D eigenvalue weighted by Crippen LogP contribution is -2.34. The summed E-state index contributed by atoms with van der Waals surface area (Å²) < 4.78 is 17.1. The molecule has 0 aliphatic carbocycles. The van der Waals surface area contributed by atoms with Crippen LogP contribution < -0.4 is 24.8 Å². The lowest BCUT2D eigenvalue weighted by atomic mass is 10.1. The van der Waals surface area contributed by atoms with E-state index >= 15 is 0 Å². The lowest BCUT2D eigenvalue weighted by Gasteiger charge is -2.14. The average Bonchev–Trinajstić information content (AvgIpc) is 3.26. The predicted molar refractivity (Wildman–Crippen MR) is 139 cm³/mol. The van der Waals surface area contributed by atoms with Crippen LogP contribution in [0.5, 0.6) is 17.2 Å². The van der Waals surface area contributed by atoms with E-state index in [4.69, 9.17) is 26.4 Å². The number of ether oxygens (including phenoxy) is 3. The van der Waals surface area contributed by atoms with Gasteiger partial charge in [-0.3, -0.25) is 10.1 Å². The summed E-state index contributed by atoms with van der Waals surface area (Å²) in [6, 6.07) is 19.1. The van der Waals surface area contributed by atoms with Crippen molar-refractivity contribution in [2.45, 2.75) is 6.42 Å². The van der Waals surface area contributed by atoms with Crippen molar-refractivity contribution in [3.8, 4) is 17.2 Å². The molecule has 0 saturated heterocycles. The molecule has 0 aliphatic heterocycles. The van der Waals surface area contributed by atoms with Crippen molar-refractivity contribution < 1.29 is 19.0 Å². The minimum Gasteiger partial charge on any atom is -0.493 e.